The molecule has 1 amide bonds. The minimum Gasteiger partial charge on any atom is -0.393 e. The van der Waals surface area contributed by atoms with Gasteiger partial charge in [0, 0.05) is 17.8 Å². The number of aromatic nitrogens is 1. The molecule has 1 aliphatic rings. The Morgan fingerprint density at radius 2 is 2.35 bits per heavy atom. The Hall–Kier alpha value is -0.940. The van der Waals surface area contributed by atoms with Crippen LogP contribution in [0.25, 0.3) is 0 Å². The van der Waals surface area contributed by atoms with Crippen molar-refractivity contribution in [1.82, 2.24) is 10.3 Å². The largest absolute Gasteiger partial charge is 0.393 e. The number of rotatable bonds is 5. The molecule has 4 nitrogen and oxygen atoms in total. The third-order valence-corrected chi connectivity index (χ3v) is 4.94. The number of aliphatic hydroxyl groups is 1. The molecule has 1 saturated carbocycles. The number of carbonyl (C=O) groups is 1. The summed E-state index contributed by atoms with van der Waals surface area (Å²) in [5.41, 5.74) is 0.861. The van der Waals surface area contributed by atoms with E-state index in [-0.39, 0.29) is 12.0 Å². The standard InChI is InChI=1S/C15H24N2O2S/c1-10(2)15-17-12(9-20-15)7-14(19)16-8-11-4-3-5-13(18)6-11/h9-11,13,18H,3-8H2,1-2H3,(H,16,19). The van der Waals surface area contributed by atoms with Gasteiger partial charge >= 0.3 is 0 Å². The molecule has 1 heterocycles. The van der Waals surface area contributed by atoms with Gasteiger partial charge in [0.05, 0.1) is 23.2 Å². The average molecular weight is 296 g/mol. The van der Waals surface area contributed by atoms with Gasteiger partial charge in [0.25, 0.3) is 0 Å². The molecule has 0 bridgehead atoms. The predicted octanol–water partition coefficient (Wildman–Crippen LogP) is 2.48. The lowest BCUT2D eigenvalue weighted by Crippen LogP contribution is -2.33. The summed E-state index contributed by atoms with van der Waals surface area (Å²) in [5, 5.41) is 15.6. The summed E-state index contributed by atoms with van der Waals surface area (Å²) in [6, 6.07) is 0. The first-order chi connectivity index (χ1) is 9.54. The SMILES string of the molecule is CC(C)c1nc(CC(=O)NCC2CCCC(O)C2)cs1. The Morgan fingerprint density at radius 3 is 3.00 bits per heavy atom. The summed E-state index contributed by atoms with van der Waals surface area (Å²) in [5.74, 6) is 0.871. The number of nitrogens with zero attached hydrogens (tertiary/aromatic N) is 1. The molecule has 1 aliphatic carbocycles. The van der Waals surface area contributed by atoms with Crippen LogP contribution < -0.4 is 5.32 Å². The van der Waals surface area contributed by atoms with E-state index < -0.39 is 0 Å². The summed E-state index contributed by atoms with van der Waals surface area (Å²) in [6.07, 6.45) is 4.06. The van der Waals surface area contributed by atoms with E-state index >= 15 is 0 Å². The van der Waals surface area contributed by atoms with Gasteiger partial charge in [0.1, 0.15) is 0 Å². The van der Waals surface area contributed by atoms with Crippen LogP contribution in [0.15, 0.2) is 5.38 Å². The molecule has 2 rings (SSSR count). The minimum absolute atomic E-state index is 0.0330. The van der Waals surface area contributed by atoms with Gasteiger partial charge in [-0.3, -0.25) is 4.79 Å². The third kappa shape index (κ3) is 4.56. The second-order valence-electron chi connectivity index (χ2n) is 6.00. The molecule has 2 unspecified atom stereocenters. The quantitative estimate of drug-likeness (QED) is 0.877. The van der Waals surface area contributed by atoms with E-state index in [4.69, 9.17) is 0 Å². The first kappa shape index (κ1) is 15.4. The molecule has 1 aromatic rings. The highest BCUT2D eigenvalue weighted by molar-refractivity contribution is 7.09. The van der Waals surface area contributed by atoms with E-state index in [1.807, 2.05) is 5.38 Å². The molecule has 1 aromatic heterocycles. The summed E-state index contributed by atoms with van der Waals surface area (Å²) in [6.45, 7) is 4.89. The van der Waals surface area contributed by atoms with Crippen LogP contribution in [-0.4, -0.2) is 28.6 Å². The first-order valence-electron chi connectivity index (χ1n) is 7.43. The van der Waals surface area contributed by atoms with Crippen molar-refractivity contribution >= 4 is 17.2 Å². The molecule has 112 valence electrons. The van der Waals surface area contributed by atoms with Crippen LogP contribution in [0.2, 0.25) is 0 Å². The molecule has 0 radical (unpaired) electrons. The van der Waals surface area contributed by atoms with Crippen LogP contribution >= 0.6 is 11.3 Å². The second-order valence-corrected chi connectivity index (χ2v) is 6.89. The van der Waals surface area contributed by atoms with Gasteiger partial charge in [0.15, 0.2) is 0 Å². The fraction of sp³-hybridized carbons (Fsp3) is 0.733. The number of nitrogens with one attached hydrogen (secondary N) is 1. The van der Waals surface area contributed by atoms with Crippen molar-refractivity contribution in [3.63, 3.8) is 0 Å². The number of hydrogen-bond donors (Lipinski definition) is 2. The molecule has 0 spiro atoms. The monoisotopic (exact) mass is 296 g/mol. The molecular weight excluding hydrogens is 272 g/mol. The van der Waals surface area contributed by atoms with Crippen molar-refractivity contribution < 1.29 is 9.90 Å². The van der Waals surface area contributed by atoms with E-state index in [1.54, 1.807) is 11.3 Å². The molecule has 0 saturated heterocycles. The van der Waals surface area contributed by atoms with Crippen LogP contribution in [0.3, 0.4) is 0 Å². The van der Waals surface area contributed by atoms with E-state index in [2.05, 4.69) is 24.1 Å². The van der Waals surface area contributed by atoms with Crippen molar-refractivity contribution in [2.75, 3.05) is 6.54 Å². The first-order valence-corrected chi connectivity index (χ1v) is 8.31. The number of carbonyl (C=O) groups excluding carboxylic acids is 1. The fourth-order valence-corrected chi connectivity index (χ4v) is 3.44. The fourth-order valence-electron chi connectivity index (χ4n) is 2.60. The van der Waals surface area contributed by atoms with E-state index in [0.29, 0.717) is 24.8 Å². The van der Waals surface area contributed by atoms with Crippen molar-refractivity contribution in [3.8, 4) is 0 Å². The predicted molar refractivity (Wildman–Crippen MR) is 80.9 cm³/mol. The normalized spacial score (nSPS) is 23.0. The van der Waals surface area contributed by atoms with E-state index in [1.165, 1.54) is 0 Å². The second kappa shape index (κ2) is 7.18. The van der Waals surface area contributed by atoms with Crippen molar-refractivity contribution in [3.05, 3.63) is 16.1 Å². The van der Waals surface area contributed by atoms with Crippen LogP contribution in [0.4, 0.5) is 0 Å². The van der Waals surface area contributed by atoms with Crippen LogP contribution in [0, 0.1) is 5.92 Å². The number of hydrogen-bond acceptors (Lipinski definition) is 4. The zero-order valence-corrected chi connectivity index (χ0v) is 13.1. The maximum atomic E-state index is 11.9. The lowest BCUT2D eigenvalue weighted by molar-refractivity contribution is -0.120. The molecule has 5 heteroatoms. The number of aliphatic hydroxyl groups excluding tert-OH is 1. The molecule has 0 aromatic carbocycles. The van der Waals surface area contributed by atoms with Gasteiger partial charge in [0.2, 0.25) is 5.91 Å². The van der Waals surface area contributed by atoms with Gasteiger partial charge in [-0.1, -0.05) is 20.3 Å². The molecule has 1 fully saturated rings. The summed E-state index contributed by atoms with van der Waals surface area (Å²) < 4.78 is 0. The Bertz CT molecular complexity index is 445. The molecule has 20 heavy (non-hydrogen) atoms. The maximum absolute atomic E-state index is 11.9. The molecule has 0 aliphatic heterocycles. The van der Waals surface area contributed by atoms with Gasteiger partial charge in [-0.2, -0.15) is 0 Å². The Kier molecular flexibility index (Phi) is 5.54. The number of thiazole rings is 1. The average Bonchev–Trinajstić information content (AvgIpc) is 2.85. The summed E-state index contributed by atoms with van der Waals surface area (Å²) >= 11 is 1.62. The van der Waals surface area contributed by atoms with Gasteiger partial charge in [-0.05, 0) is 25.2 Å². The Labute approximate surface area is 124 Å². The van der Waals surface area contributed by atoms with Crippen molar-refractivity contribution in [1.29, 1.82) is 0 Å². The third-order valence-electron chi connectivity index (χ3n) is 3.75. The number of amides is 1. The van der Waals surface area contributed by atoms with Crippen LogP contribution in [-0.2, 0) is 11.2 Å². The minimum atomic E-state index is -0.183. The van der Waals surface area contributed by atoms with Gasteiger partial charge in [-0.25, -0.2) is 4.98 Å². The Morgan fingerprint density at radius 1 is 1.55 bits per heavy atom. The van der Waals surface area contributed by atoms with Crippen LogP contribution in [0.1, 0.15) is 56.2 Å². The molecular formula is C15H24N2O2S. The molecule has 2 N–H and O–H groups in total. The maximum Gasteiger partial charge on any atom is 0.226 e. The van der Waals surface area contributed by atoms with E-state index in [0.717, 1.165) is 36.4 Å². The van der Waals surface area contributed by atoms with Gasteiger partial charge in [-0.15, -0.1) is 11.3 Å². The molecule has 2 atom stereocenters. The highest BCUT2D eigenvalue weighted by Crippen LogP contribution is 2.23. The highest BCUT2D eigenvalue weighted by Gasteiger charge is 2.20. The lowest BCUT2D eigenvalue weighted by Gasteiger charge is -2.25. The lowest BCUT2D eigenvalue weighted by atomic mass is 9.87. The van der Waals surface area contributed by atoms with E-state index in [9.17, 15) is 9.90 Å². The topological polar surface area (TPSA) is 62.2 Å². The Balaban J connectivity index is 1.74. The summed E-state index contributed by atoms with van der Waals surface area (Å²) in [4.78, 5) is 16.4. The summed E-state index contributed by atoms with van der Waals surface area (Å²) in [7, 11) is 0. The van der Waals surface area contributed by atoms with Crippen molar-refractivity contribution in [2.45, 2.75) is 58.0 Å². The zero-order chi connectivity index (χ0) is 14.5. The zero-order valence-electron chi connectivity index (χ0n) is 12.3. The smallest absolute Gasteiger partial charge is 0.226 e. The van der Waals surface area contributed by atoms with Gasteiger partial charge < -0.3 is 10.4 Å². The van der Waals surface area contributed by atoms with Crippen LogP contribution in [0.5, 0.6) is 0 Å². The van der Waals surface area contributed by atoms with Crippen molar-refractivity contribution in [2.24, 2.45) is 5.92 Å². The highest BCUT2D eigenvalue weighted by atomic mass is 32.1.